The molecule has 1 saturated heterocycles. The Labute approximate surface area is 163 Å². The number of piperidine rings is 1. The summed E-state index contributed by atoms with van der Waals surface area (Å²) in [6.07, 6.45) is 5.65. The monoisotopic (exact) mass is 389 g/mol. The molecule has 1 unspecified atom stereocenters. The van der Waals surface area contributed by atoms with Gasteiger partial charge < -0.3 is 15.1 Å². The van der Waals surface area contributed by atoms with Crippen molar-refractivity contribution in [3.63, 3.8) is 0 Å². The van der Waals surface area contributed by atoms with Crippen molar-refractivity contribution in [1.82, 2.24) is 9.88 Å². The number of benzene rings is 1. The Balaban J connectivity index is 1.50. The van der Waals surface area contributed by atoms with Crippen molar-refractivity contribution < 1.29 is 14.0 Å². The minimum Gasteiger partial charge on any atom is -0.441 e. The van der Waals surface area contributed by atoms with Gasteiger partial charge in [0.25, 0.3) is 0 Å². The average Bonchev–Trinajstić information content (AvgIpc) is 3.14. The zero-order chi connectivity index (χ0) is 19.2. The first-order valence-electron chi connectivity index (χ1n) is 9.28. The van der Waals surface area contributed by atoms with Gasteiger partial charge in [0.05, 0.1) is 6.20 Å². The van der Waals surface area contributed by atoms with Crippen LogP contribution in [0, 0.1) is 5.92 Å². The second-order valence-corrected chi connectivity index (χ2v) is 7.41. The lowest BCUT2D eigenvalue weighted by Crippen LogP contribution is -2.40. The maximum atomic E-state index is 12.5. The van der Waals surface area contributed by atoms with Gasteiger partial charge in [0, 0.05) is 42.9 Å². The van der Waals surface area contributed by atoms with E-state index in [4.69, 9.17) is 21.8 Å². The summed E-state index contributed by atoms with van der Waals surface area (Å²) >= 11 is 5.90. The smallest absolute Gasteiger partial charge is 0.223 e. The lowest BCUT2D eigenvalue weighted by molar-refractivity contribution is -0.133. The van der Waals surface area contributed by atoms with Crippen molar-refractivity contribution in [2.75, 3.05) is 13.1 Å². The van der Waals surface area contributed by atoms with Crippen molar-refractivity contribution in [2.45, 2.75) is 38.5 Å². The number of carbonyl (C=O) groups excluding carboxylic acids is 2. The third-order valence-corrected chi connectivity index (χ3v) is 5.16. The number of hydrogen-bond acceptors (Lipinski definition) is 4. The molecule has 0 radical (unpaired) electrons. The van der Waals surface area contributed by atoms with Crippen molar-refractivity contribution in [3.05, 3.63) is 41.4 Å². The van der Waals surface area contributed by atoms with Crippen LogP contribution in [-0.4, -0.2) is 34.8 Å². The molecule has 1 fully saturated rings. The second-order valence-electron chi connectivity index (χ2n) is 6.98. The van der Waals surface area contributed by atoms with E-state index in [1.165, 1.54) is 0 Å². The Morgan fingerprint density at radius 1 is 1.26 bits per heavy atom. The molecule has 0 saturated carbocycles. The van der Waals surface area contributed by atoms with Crippen LogP contribution < -0.4 is 5.73 Å². The third-order valence-electron chi connectivity index (χ3n) is 4.91. The summed E-state index contributed by atoms with van der Waals surface area (Å²) in [5.41, 5.74) is 6.12. The zero-order valence-corrected chi connectivity index (χ0v) is 16.0. The van der Waals surface area contributed by atoms with Crippen LogP contribution in [0.15, 0.2) is 34.9 Å². The van der Waals surface area contributed by atoms with E-state index in [0.717, 1.165) is 31.4 Å². The van der Waals surface area contributed by atoms with Gasteiger partial charge in [-0.3, -0.25) is 9.59 Å². The first kappa shape index (κ1) is 19.4. The number of nitrogens with zero attached hydrogens (tertiary/aromatic N) is 2. The number of halogens is 1. The highest BCUT2D eigenvalue weighted by atomic mass is 35.5. The number of oxazole rings is 1. The summed E-state index contributed by atoms with van der Waals surface area (Å²) in [7, 11) is 0. The highest BCUT2D eigenvalue weighted by molar-refractivity contribution is 6.30. The van der Waals surface area contributed by atoms with E-state index in [9.17, 15) is 9.59 Å². The van der Waals surface area contributed by atoms with Gasteiger partial charge in [0.1, 0.15) is 0 Å². The molecule has 1 atom stereocenters. The number of likely N-dealkylation sites (tertiary alicyclic amines) is 1. The fraction of sp³-hybridized carbons (Fsp3) is 0.450. The molecule has 7 heteroatoms. The van der Waals surface area contributed by atoms with Crippen molar-refractivity contribution >= 4 is 23.4 Å². The molecule has 2 amide bonds. The fourth-order valence-electron chi connectivity index (χ4n) is 3.42. The van der Waals surface area contributed by atoms with Crippen molar-refractivity contribution in [1.29, 1.82) is 0 Å². The van der Waals surface area contributed by atoms with Crippen LogP contribution in [0.4, 0.5) is 0 Å². The summed E-state index contributed by atoms with van der Waals surface area (Å²) in [6.45, 7) is 1.47. The lowest BCUT2D eigenvalue weighted by Gasteiger charge is -2.32. The van der Waals surface area contributed by atoms with Crippen LogP contribution in [0.3, 0.4) is 0 Å². The number of carbonyl (C=O) groups is 2. The largest absolute Gasteiger partial charge is 0.441 e. The Morgan fingerprint density at radius 3 is 2.78 bits per heavy atom. The maximum Gasteiger partial charge on any atom is 0.223 e. The molecule has 1 aromatic carbocycles. The molecule has 6 nitrogen and oxygen atoms in total. The van der Waals surface area contributed by atoms with Gasteiger partial charge in [0.2, 0.25) is 11.8 Å². The average molecular weight is 390 g/mol. The molecule has 1 aromatic heterocycles. The van der Waals surface area contributed by atoms with Crippen LogP contribution in [-0.2, 0) is 16.0 Å². The van der Waals surface area contributed by atoms with Gasteiger partial charge in [-0.2, -0.15) is 0 Å². The van der Waals surface area contributed by atoms with E-state index in [2.05, 4.69) is 4.98 Å². The van der Waals surface area contributed by atoms with Crippen molar-refractivity contribution in [2.24, 2.45) is 11.7 Å². The molecule has 2 heterocycles. The predicted octanol–water partition coefficient (Wildman–Crippen LogP) is 3.43. The highest BCUT2D eigenvalue weighted by Crippen LogP contribution is 2.24. The summed E-state index contributed by atoms with van der Waals surface area (Å²) in [6, 6.07) is 7.34. The summed E-state index contributed by atoms with van der Waals surface area (Å²) in [4.78, 5) is 29.6. The number of aromatic nitrogens is 1. The Kier molecular flexibility index (Phi) is 6.50. The number of amides is 2. The highest BCUT2D eigenvalue weighted by Gasteiger charge is 2.24. The molecule has 27 heavy (non-hydrogen) atoms. The van der Waals surface area contributed by atoms with Gasteiger partial charge in [-0.1, -0.05) is 11.6 Å². The molecule has 0 bridgehead atoms. The summed E-state index contributed by atoms with van der Waals surface area (Å²) in [5, 5.41) is 0.666. The van der Waals surface area contributed by atoms with Crippen LogP contribution in [0.1, 0.15) is 38.0 Å². The van der Waals surface area contributed by atoms with E-state index in [1.807, 2.05) is 17.0 Å². The van der Waals surface area contributed by atoms with Gasteiger partial charge in [0.15, 0.2) is 11.7 Å². The number of aryl methyl sites for hydroxylation is 1. The van der Waals surface area contributed by atoms with Crippen molar-refractivity contribution in [3.8, 4) is 11.3 Å². The maximum absolute atomic E-state index is 12.5. The zero-order valence-electron chi connectivity index (χ0n) is 15.2. The Hall–Kier alpha value is -2.34. The van der Waals surface area contributed by atoms with E-state index >= 15 is 0 Å². The number of primary amides is 1. The number of nitrogens with two attached hydrogens (primary N) is 1. The molecule has 3 rings (SSSR count). The molecule has 0 spiro atoms. The minimum atomic E-state index is -0.279. The SMILES string of the molecule is NC(=O)CCC1CCCN(C(=O)CCc2ncc(-c3ccc(Cl)cc3)o2)C1. The normalized spacial score (nSPS) is 17.1. The van der Waals surface area contributed by atoms with E-state index < -0.39 is 0 Å². The van der Waals surface area contributed by atoms with E-state index in [0.29, 0.717) is 48.4 Å². The Morgan fingerprint density at radius 2 is 2.04 bits per heavy atom. The molecule has 2 N–H and O–H groups in total. The number of hydrogen-bond donors (Lipinski definition) is 1. The van der Waals surface area contributed by atoms with Crippen LogP contribution >= 0.6 is 11.6 Å². The van der Waals surface area contributed by atoms with Gasteiger partial charge in [-0.05, 0) is 49.4 Å². The Bertz CT molecular complexity index is 788. The van der Waals surface area contributed by atoms with Gasteiger partial charge in [-0.15, -0.1) is 0 Å². The summed E-state index contributed by atoms with van der Waals surface area (Å²) in [5.74, 6) is 1.39. The topological polar surface area (TPSA) is 89.4 Å². The molecule has 2 aromatic rings. The second kappa shape index (κ2) is 9.04. The van der Waals surface area contributed by atoms with E-state index in [-0.39, 0.29) is 11.8 Å². The van der Waals surface area contributed by atoms with Crippen LogP contribution in [0.5, 0.6) is 0 Å². The standard InChI is InChI=1S/C20H24ClN3O3/c21-16-6-4-15(5-7-16)17-12-23-19(27-17)9-10-20(26)24-11-1-2-14(13-24)3-8-18(22)25/h4-7,12,14H,1-3,8-11,13H2,(H2,22,25). The first-order chi connectivity index (χ1) is 13.0. The molecule has 0 aliphatic carbocycles. The number of rotatable bonds is 7. The van der Waals surface area contributed by atoms with Gasteiger partial charge >= 0.3 is 0 Å². The molecule has 1 aliphatic rings. The molecule has 144 valence electrons. The summed E-state index contributed by atoms with van der Waals surface area (Å²) < 4.78 is 5.76. The molecular formula is C20H24ClN3O3. The fourth-order valence-corrected chi connectivity index (χ4v) is 3.55. The molecular weight excluding hydrogens is 366 g/mol. The lowest BCUT2D eigenvalue weighted by atomic mass is 9.93. The van der Waals surface area contributed by atoms with Gasteiger partial charge in [-0.25, -0.2) is 4.98 Å². The predicted molar refractivity (Wildman–Crippen MR) is 103 cm³/mol. The van der Waals surface area contributed by atoms with Crippen LogP contribution in [0.2, 0.25) is 5.02 Å². The molecule has 1 aliphatic heterocycles. The van der Waals surface area contributed by atoms with E-state index in [1.54, 1.807) is 18.3 Å². The minimum absolute atomic E-state index is 0.102. The van der Waals surface area contributed by atoms with Crippen LogP contribution in [0.25, 0.3) is 11.3 Å². The first-order valence-corrected chi connectivity index (χ1v) is 9.66. The third kappa shape index (κ3) is 5.57. The quantitative estimate of drug-likeness (QED) is 0.785.